The Labute approximate surface area is 128 Å². The van der Waals surface area contributed by atoms with Crippen LogP contribution in [-0.2, 0) is 24.2 Å². The fraction of sp³-hybridized carbons (Fsp3) is 0.294. The van der Waals surface area contributed by atoms with Crippen LogP contribution in [0.3, 0.4) is 0 Å². The second kappa shape index (κ2) is 6.66. The molecule has 2 N–H and O–H groups in total. The Balaban J connectivity index is 1.64. The maximum atomic E-state index is 14.4. The lowest BCUT2D eigenvalue weighted by atomic mass is 9.99. The van der Waals surface area contributed by atoms with Crippen molar-refractivity contribution in [2.24, 2.45) is 0 Å². The number of nitrogens with one attached hydrogen (secondary N) is 2. The third-order valence-electron chi connectivity index (χ3n) is 3.87. The van der Waals surface area contributed by atoms with Gasteiger partial charge in [0.25, 0.3) is 0 Å². The lowest BCUT2D eigenvalue weighted by Crippen LogP contribution is -2.25. The van der Waals surface area contributed by atoms with Crippen molar-refractivity contribution in [1.82, 2.24) is 10.3 Å². The molecule has 4 nitrogen and oxygen atoms in total. The first-order valence-corrected chi connectivity index (χ1v) is 7.44. The summed E-state index contributed by atoms with van der Waals surface area (Å²) in [5.74, 6) is -0.471. The number of nitrogens with zero attached hydrogens (tertiary/aromatic N) is 1. The molecule has 114 valence electrons. The van der Waals surface area contributed by atoms with Gasteiger partial charge in [-0.15, -0.1) is 0 Å². The number of benzene rings is 1. The Bertz CT molecular complexity index is 673. The highest BCUT2D eigenvalue weighted by Crippen LogP contribution is 2.24. The normalized spacial score (nSPS) is 13.5. The molecule has 0 fully saturated rings. The molecule has 1 aromatic heterocycles. The second-order valence-corrected chi connectivity index (χ2v) is 5.40. The van der Waals surface area contributed by atoms with E-state index in [4.69, 9.17) is 0 Å². The molecular formula is C17H18FN3O. The summed E-state index contributed by atoms with van der Waals surface area (Å²) in [7, 11) is 0. The van der Waals surface area contributed by atoms with E-state index in [2.05, 4.69) is 15.6 Å². The number of amides is 1. The van der Waals surface area contributed by atoms with Gasteiger partial charge in [0.05, 0.1) is 5.69 Å². The number of rotatable bonds is 4. The monoisotopic (exact) mass is 299 g/mol. The Hall–Kier alpha value is -2.27. The molecular weight excluding hydrogens is 281 g/mol. The fourth-order valence-corrected chi connectivity index (χ4v) is 2.65. The van der Waals surface area contributed by atoms with Gasteiger partial charge in [-0.25, -0.2) is 4.39 Å². The Morgan fingerprint density at radius 2 is 2.09 bits per heavy atom. The van der Waals surface area contributed by atoms with Crippen molar-refractivity contribution >= 4 is 11.6 Å². The zero-order valence-electron chi connectivity index (χ0n) is 12.2. The van der Waals surface area contributed by atoms with E-state index in [0.717, 1.165) is 17.7 Å². The quantitative estimate of drug-likeness (QED) is 0.911. The smallest absolute Gasteiger partial charge is 0.224 e. The van der Waals surface area contributed by atoms with E-state index in [1.165, 1.54) is 0 Å². The molecule has 0 saturated heterocycles. The van der Waals surface area contributed by atoms with E-state index in [1.54, 1.807) is 18.5 Å². The summed E-state index contributed by atoms with van der Waals surface area (Å²) >= 11 is 0. The highest BCUT2D eigenvalue weighted by atomic mass is 19.1. The molecule has 0 aliphatic carbocycles. The largest absolute Gasteiger partial charge is 0.324 e. The van der Waals surface area contributed by atoms with Crippen LogP contribution >= 0.6 is 0 Å². The second-order valence-electron chi connectivity index (χ2n) is 5.40. The summed E-state index contributed by atoms with van der Waals surface area (Å²) in [5.41, 5.74) is 3.01. The van der Waals surface area contributed by atoms with Gasteiger partial charge in [-0.05, 0) is 54.3 Å². The molecule has 0 radical (unpaired) electrons. The SMILES string of the molecule is O=C(CCc1ccncc1)Nc1ccc2c(c1F)CCNC2. The third kappa shape index (κ3) is 3.31. The number of hydrogen-bond donors (Lipinski definition) is 2. The maximum absolute atomic E-state index is 14.4. The van der Waals surface area contributed by atoms with Gasteiger partial charge in [0.15, 0.2) is 0 Å². The van der Waals surface area contributed by atoms with Crippen LogP contribution in [-0.4, -0.2) is 17.4 Å². The molecule has 0 saturated carbocycles. The molecule has 5 heteroatoms. The molecule has 0 atom stereocenters. The summed E-state index contributed by atoms with van der Waals surface area (Å²) in [5, 5.41) is 5.89. The maximum Gasteiger partial charge on any atom is 0.224 e. The number of pyridine rings is 1. The zero-order chi connectivity index (χ0) is 15.4. The minimum Gasteiger partial charge on any atom is -0.324 e. The van der Waals surface area contributed by atoms with Crippen LogP contribution in [0.25, 0.3) is 0 Å². The molecule has 0 bridgehead atoms. The van der Waals surface area contributed by atoms with Crippen LogP contribution in [0.1, 0.15) is 23.1 Å². The Kier molecular flexibility index (Phi) is 4.44. The first kappa shape index (κ1) is 14.7. The molecule has 1 aliphatic heterocycles. The highest BCUT2D eigenvalue weighted by molar-refractivity contribution is 5.91. The van der Waals surface area contributed by atoms with Crippen molar-refractivity contribution in [3.05, 3.63) is 59.2 Å². The predicted molar refractivity (Wildman–Crippen MR) is 83.0 cm³/mol. The molecule has 22 heavy (non-hydrogen) atoms. The molecule has 1 amide bonds. The van der Waals surface area contributed by atoms with Gasteiger partial charge >= 0.3 is 0 Å². The lowest BCUT2D eigenvalue weighted by molar-refractivity contribution is -0.116. The molecule has 2 heterocycles. The van der Waals surface area contributed by atoms with Gasteiger partial charge in [0.1, 0.15) is 5.82 Å². The molecule has 3 rings (SSSR count). The van der Waals surface area contributed by atoms with Gasteiger partial charge in [-0.2, -0.15) is 0 Å². The van der Waals surface area contributed by atoms with Crippen LogP contribution in [0.5, 0.6) is 0 Å². The van der Waals surface area contributed by atoms with Gasteiger partial charge < -0.3 is 10.6 Å². The van der Waals surface area contributed by atoms with Crippen LogP contribution in [0.4, 0.5) is 10.1 Å². The van der Waals surface area contributed by atoms with E-state index >= 15 is 0 Å². The van der Waals surface area contributed by atoms with Crippen LogP contribution < -0.4 is 10.6 Å². The number of halogens is 1. The number of aryl methyl sites for hydroxylation is 1. The average molecular weight is 299 g/mol. The van der Waals surface area contributed by atoms with Crippen molar-refractivity contribution in [1.29, 1.82) is 0 Å². The van der Waals surface area contributed by atoms with Crippen molar-refractivity contribution in [3.8, 4) is 0 Å². The predicted octanol–water partition coefficient (Wildman–Crippen LogP) is 2.44. The number of fused-ring (bicyclic) bond motifs is 1. The molecule has 0 unspecified atom stereocenters. The lowest BCUT2D eigenvalue weighted by Gasteiger charge is -2.19. The van der Waals surface area contributed by atoms with Gasteiger partial charge in [-0.3, -0.25) is 9.78 Å². The first-order valence-electron chi connectivity index (χ1n) is 7.44. The van der Waals surface area contributed by atoms with Gasteiger partial charge in [0, 0.05) is 25.4 Å². The van der Waals surface area contributed by atoms with Crippen LogP contribution in [0.15, 0.2) is 36.7 Å². The highest BCUT2D eigenvalue weighted by Gasteiger charge is 2.17. The van der Waals surface area contributed by atoms with E-state index in [9.17, 15) is 9.18 Å². The summed E-state index contributed by atoms with van der Waals surface area (Å²) in [4.78, 5) is 15.9. The summed E-state index contributed by atoms with van der Waals surface area (Å²) < 4.78 is 14.4. The standard InChI is InChI=1S/C17H18FN3O/c18-17-14-7-10-20-11-13(14)2-3-15(17)21-16(22)4-1-12-5-8-19-9-6-12/h2-3,5-6,8-9,20H,1,4,7,10-11H2,(H,21,22). The van der Waals surface area contributed by atoms with Crippen LogP contribution in [0.2, 0.25) is 0 Å². The zero-order valence-corrected chi connectivity index (χ0v) is 12.2. The topological polar surface area (TPSA) is 54.0 Å². The van der Waals surface area contributed by atoms with E-state index < -0.39 is 0 Å². The first-order chi connectivity index (χ1) is 10.7. The fourth-order valence-electron chi connectivity index (χ4n) is 2.65. The summed E-state index contributed by atoms with van der Waals surface area (Å²) in [6, 6.07) is 7.27. The number of aromatic nitrogens is 1. The van der Waals surface area contributed by atoms with Crippen molar-refractivity contribution in [2.75, 3.05) is 11.9 Å². The molecule has 2 aromatic rings. The minimum atomic E-state index is -0.295. The Morgan fingerprint density at radius 3 is 2.91 bits per heavy atom. The summed E-state index contributed by atoms with van der Waals surface area (Å²) in [6.45, 7) is 1.45. The van der Waals surface area contributed by atoms with E-state index in [0.29, 0.717) is 31.4 Å². The van der Waals surface area contributed by atoms with Gasteiger partial charge in [0.2, 0.25) is 5.91 Å². The van der Waals surface area contributed by atoms with Crippen molar-refractivity contribution in [2.45, 2.75) is 25.8 Å². The van der Waals surface area contributed by atoms with Crippen molar-refractivity contribution in [3.63, 3.8) is 0 Å². The van der Waals surface area contributed by atoms with Crippen molar-refractivity contribution < 1.29 is 9.18 Å². The molecule has 1 aliphatic rings. The minimum absolute atomic E-state index is 0.176. The molecule has 1 aromatic carbocycles. The number of carbonyl (C=O) groups excluding carboxylic acids is 1. The number of anilines is 1. The summed E-state index contributed by atoms with van der Waals surface area (Å²) in [6.07, 6.45) is 4.99. The van der Waals surface area contributed by atoms with Gasteiger partial charge in [-0.1, -0.05) is 6.07 Å². The number of carbonyl (C=O) groups is 1. The molecule has 0 spiro atoms. The van der Waals surface area contributed by atoms with E-state index in [-0.39, 0.29) is 17.4 Å². The number of hydrogen-bond acceptors (Lipinski definition) is 3. The average Bonchev–Trinajstić information content (AvgIpc) is 2.57. The third-order valence-corrected chi connectivity index (χ3v) is 3.87. The Morgan fingerprint density at radius 1 is 1.27 bits per heavy atom. The van der Waals surface area contributed by atoms with Crippen LogP contribution in [0, 0.1) is 5.82 Å². The van der Waals surface area contributed by atoms with E-state index in [1.807, 2.05) is 18.2 Å².